The van der Waals surface area contributed by atoms with E-state index in [0.29, 0.717) is 28.8 Å². The Hall–Kier alpha value is -2.20. The maximum absolute atomic E-state index is 13.2. The van der Waals surface area contributed by atoms with Crippen molar-refractivity contribution in [2.24, 2.45) is 0 Å². The van der Waals surface area contributed by atoms with Gasteiger partial charge in [-0.25, -0.2) is 4.39 Å². The van der Waals surface area contributed by atoms with Gasteiger partial charge in [0.05, 0.1) is 0 Å². The number of nitrogens with one attached hydrogen (secondary N) is 1. The standard InChI is InChI=1S/C17H16FNO2/c1-10-8-13(18)4-5-14(10)16(20)12-3-2-11-6-7-19-17(21)15(11)9-12/h2-5,8-9,16,20H,6-7H2,1H3,(H,19,21). The first-order valence-corrected chi connectivity index (χ1v) is 6.91. The molecule has 3 rings (SSSR count). The van der Waals surface area contributed by atoms with Crippen LogP contribution in [0.5, 0.6) is 0 Å². The number of carbonyl (C=O) groups is 1. The molecule has 1 aliphatic heterocycles. The van der Waals surface area contributed by atoms with Gasteiger partial charge in [0.25, 0.3) is 5.91 Å². The smallest absolute Gasteiger partial charge is 0.251 e. The molecule has 0 saturated carbocycles. The molecule has 21 heavy (non-hydrogen) atoms. The third-order valence-electron chi connectivity index (χ3n) is 3.90. The average Bonchev–Trinajstić information content (AvgIpc) is 2.47. The number of aliphatic hydroxyl groups excluding tert-OH is 1. The minimum absolute atomic E-state index is 0.110. The van der Waals surface area contributed by atoms with E-state index in [1.807, 2.05) is 12.1 Å². The lowest BCUT2D eigenvalue weighted by Crippen LogP contribution is -2.31. The predicted octanol–water partition coefficient (Wildman–Crippen LogP) is 2.50. The molecule has 0 spiro atoms. The number of halogens is 1. The lowest BCUT2D eigenvalue weighted by atomic mass is 9.92. The van der Waals surface area contributed by atoms with Crippen LogP contribution < -0.4 is 5.32 Å². The molecule has 1 heterocycles. The summed E-state index contributed by atoms with van der Waals surface area (Å²) in [6.45, 7) is 2.40. The fraction of sp³-hybridized carbons (Fsp3) is 0.235. The van der Waals surface area contributed by atoms with Gasteiger partial charge in [0.2, 0.25) is 0 Å². The highest BCUT2D eigenvalue weighted by Crippen LogP contribution is 2.27. The van der Waals surface area contributed by atoms with E-state index >= 15 is 0 Å². The highest BCUT2D eigenvalue weighted by molar-refractivity contribution is 5.96. The zero-order valence-electron chi connectivity index (χ0n) is 11.7. The van der Waals surface area contributed by atoms with Crippen LogP contribution in [0, 0.1) is 12.7 Å². The Labute approximate surface area is 122 Å². The van der Waals surface area contributed by atoms with Gasteiger partial charge in [-0.1, -0.05) is 18.2 Å². The van der Waals surface area contributed by atoms with Crippen molar-refractivity contribution in [1.29, 1.82) is 0 Å². The van der Waals surface area contributed by atoms with Crippen LogP contribution in [-0.2, 0) is 6.42 Å². The summed E-state index contributed by atoms with van der Waals surface area (Å²) in [5.41, 5.74) is 3.57. The van der Waals surface area contributed by atoms with Crippen molar-refractivity contribution in [2.75, 3.05) is 6.54 Å². The fourth-order valence-electron chi connectivity index (χ4n) is 2.72. The SMILES string of the molecule is Cc1cc(F)ccc1C(O)c1ccc2c(c1)C(=O)NCC2. The number of hydrogen-bond acceptors (Lipinski definition) is 2. The van der Waals surface area contributed by atoms with Crippen molar-refractivity contribution in [3.8, 4) is 0 Å². The zero-order chi connectivity index (χ0) is 15.0. The van der Waals surface area contributed by atoms with Gasteiger partial charge >= 0.3 is 0 Å². The average molecular weight is 285 g/mol. The summed E-state index contributed by atoms with van der Waals surface area (Å²) in [5.74, 6) is -0.436. The van der Waals surface area contributed by atoms with Gasteiger partial charge in [0.15, 0.2) is 0 Å². The monoisotopic (exact) mass is 285 g/mol. The van der Waals surface area contributed by atoms with Gasteiger partial charge < -0.3 is 10.4 Å². The second-order valence-corrected chi connectivity index (χ2v) is 5.33. The fourth-order valence-corrected chi connectivity index (χ4v) is 2.72. The predicted molar refractivity (Wildman–Crippen MR) is 77.7 cm³/mol. The third kappa shape index (κ3) is 2.54. The first-order chi connectivity index (χ1) is 10.1. The number of aliphatic hydroxyl groups is 1. The Balaban J connectivity index is 2.00. The van der Waals surface area contributed by atoms with Crippen LogP contribution in [0.15, 0.2) is 36.4 Å². The number of carbonyl (C=O) groups excluding carboxylic acids is 1. The van der Waals surface area contributed by atoms with E-state index in [0.717, 1.165) is 12.0 Å². The quantitative estimate of drug-likeness (QED) is 0.890. The lowest BCUT2D eigenvalue weighted by molar-refractivity contribution is 0.0945. The number of rotatable bonds is 2. The highest BCUT2D eigenvalue weighted by atomic mass is 19.1. The number of hydrogen-bond donors (Lipinski definition) is 2. The molecule has 4 heteroatoms. The Morgan fingerprint density at radius 1 is 1.24 bits per heavy atom. The number of fused-ring (bicyclic) bond motifs is 1. The van der Waals surface area contributed by atoms with Crippen molar-refractivity contribution in [1.82, 2.24) is 5.32 Å². The van der Waals surface area contributed by atoms with Gasteiger partial charge in [-0.2, -0.15) is 0 Å². The molecule has 1 amide bonds. The van der Waals surface area contributed by atoms with Crippen LogP contribution in [0.2, 0.25) is 0 Å². The van der Waals surface area contributed by atoms with Crippen molar-refractivity contribution < 1.29 is 14.3 Å². The van der Waals surface area contributed by atoms with Gasteiger partial charge in [0.1, 0.15) is 11.9 Å². The molecule has 1 unspecified atom stereocenters. The Bertz CT molecular complexity index is 712. The van der Waals surface area contributed by atoms with Crippen LogP contribution >= 0.6 is 0 Å². The largest absolute Gasteiger partial charge is 0.384 e. The molecular formula is C17H16FNO2. The summed E-state index contributed by atoms with van der Waals surface area (Å²) < 4.78 is 13.2. The normalized spacial score (nSPS) is 15.3. The number of amides is 1. The molecule has 1 atom stereocenters. The molecule has 3 nitrogen and oxygen atoms in total. The van der Waals surface area contributed by atoms with E-state index < -0.39 is 6.10 Å². The van der Waals surface area contributed by atoms with E-state index in [2.05, 4.69) is 5.32 Å². The van der Waals surface area contributed by atoms with Crippen LogP contribution in [-0.4, -0.2) is 17.6 Å². The number of benzene rings is 2. The number of aryl methyl sites for hydroxylation is 1. The van der Waals surface area contributed by atoms with E-state index in [1.54, 1.807) is 19.1 Å². The molecule has 0 aromatic heterocycles. The van der Waals surface area contributed by atoms with Crippen molar-refractivity contribution in [3.05, 3.63) is 70.0 Å². The van der Waals surface area contributed by atoms with Crippen molar-refractivity contribution in [3.63, 3.8) is 0 Å². The Kier molecular flexibility index (Phi) is 3.47. The first-order valence-electron chi connectivity index (χ1n) is 6.91. The van der Waals surface area contributed by atoms with Crippen molar-refractivity contribution in [2.45, 2.75) is 19.4 Å². The molecule has 0 saturated heterocycles. The first kappa shape index (κ1) is 13.8. The Morgan fingerprint density at radius 3 is 2.81 bits per heavy atom. The maximum Gasteiger partial charge on any atom is 0.251 e. The molecule has 2 aromatic rings. The zero-order valence-corrected chi connectivity index (χ0v) is 11.7. The maximum atomic E-state index is 13.2. The van der Waals surface area contributed by atoms with Crippen LogP contribution in [0.4, 0.5) is 4.39 Å². The topological polar surface area (TPSA) is 49.3 Å². The molecule has 0 aliphatic carbocycles. The molecule has 108 valence electrons. The summed E-state index contributed by atoms with van der Waals surface area (Å²) in [4.78, 5) is 11.9. The Morgan fingerprint density at radius 2 is 2.05 bits per heavy atom. The van der Waals surface area contributed by atoms with Gasteiger partial charge in [-0.3, -0.25) is 4.79 Å². The molecule has 0 bridgehead atoms. The van der Waals surface area contributed by atoms with Crippen LogP contribution in [0.1, 0.15) is 38.7 Å². The van der Waals surface area contributed by atoms with E-state index in [9.17, 15) is 14.3 Å². The second-order valence-electron chi connectivity index (χ2n) is 5.33. The molecule has 1 aliphatic rings. The van der Waals surface area contributed by atoms with Crippen molar-refractivity contribution >= 4 is 5.91 Å². The van der Waals surface area contributed by atoms with Crippen LogP contribution in [0.3, 0.4) is 0 Å². The minimum atomic E-state index is -0.870. The van der Waals surface area contributed by atoms with Gasteiger partial charge in [-0.15, -0.1) is 0 Å². The summed E-state index contributed by atoms with van der Waals surface area (Å²) in [6, 6.07) is 9.73. The summed E-state index contributed by atoms with van der Waals surface area (Å²) in [5, 5.41) is 13.3. The lowest BCUT2D eigenvalue weighted by Gasteiger charge is -2.20. The second kappa shape index (κ2) is 5.30. The summed E-state index contributed by atoms with van der Waals surface area (Å²) >= 11 is 0. The van der Waals surface area contributed by atoms with E-state index in [1.165, 1.54) is 12.1 Å². The molecule has 2 N–H and O–H groups in total. The van der Waals surface area contributed by atoms with Gasteiger partial charge in [0, 0.05) is 12.1 Å². The molecular weight excluding hydrogens is 269 g/mol. The third-order valence-corrected chi connectivity index (χ3v) is 3.90. The van der Waals surface area contributed by atoms with Crippen LogP contribution in [0.25, 0.3) is 0 Å². The van der Waals surface area contributed by atoms with E-state index in [4.69, 9.17) is 0 Å². The summed E-state index contributed by atoms with van der Waals surface area (Å²) in [6.07, 6.45) is -0.0712. The summed E-state index contributed by atoms with van der Waals surface area (Å²) in [7, 11) is 0. The van der Waals surface area contributed by atoms with Gasteiger partial charge in [-0.05, 0) is 53.8 Å². The molecule has 2 aromatic carbocycles. The molecule has 0 fully saturated rings. The highest BCUT2D eigenvalue weighted by Gasteiger charge is 2.20. The minimum Gasteiger partial charge on any atom is -0.384 e. The molecule has 0 radical (unpaired) electrons. The van der Waals surface area contributed by atoms with E-state index in [-0.39, 0.29) is 11.7 Å².